The minimum atomic E-state index is -0.496. The average Bonchev–Trinajstić information content (AvgIpc) is 3.33. The molecule has 2 saturated heterocycles. The molecular weight excluding hydrogens is 444 g/mol. The maximum absolute atomic E-state index is 12.6. The number of carbonyl (C=O) groups excluding carboxylic acids is 2. The molecule has 0 saturated carbocycles. The van der Waals surface area contributed by atoms with Gasteiger partial charge in [-0.3, -0.25) is 5.32 Å². The summed E-state index contributed by atoms with van der Waals surface area (Å²) in [6, 6.07) is 1.50. The Morgan fingerprint density at radius 2 is 2.00 bits per heavy atom. The van der Waals surface area contributed by atoms with Crippen LogP contribution in [0.15, 0.2) is 23.8 Å². The number of thiazole rings is 1. The normalized spacial score (nSPS) is 19.7. The number of hydrogen-bond donors (Lipinski definition) is 2. The SMILES string of the molecule is CN1CCC(NC(=O)Oc2ccnc(N3CCC[C@@H](N(C)C(=O)Nc4nccs4)C3)n2)CC1. The first-order valence-corrected chi connectivity index (χ1v) is 12.0. The molecule has 2 aromatic rings. The first-order chi connectivity index (χ1) is 16.0. The van der Waals surface area contributed by atoms with Crippen LogP contribution in [0.1, 0.15) is 25.7 Å². The van der Waals surface area contributed by atoms with E-state index in [1.807, 2.05) is 10.3 Å². The van der Waals surface area contributed by atoms with Crippen molar-refractivity contribution in [2.45, 2.75) is 37.8 Å². The number of amides is 3. The molecule has 0 spiro atoms. The van der Waals surface area contributed by atoms with E-state index in [0.717, 1.165) is 45.3 Å². The lowest BCUT2D eigenvalue weighted by Crippen LogP contribution is -2.50. The molecule has 2 aliphatic rings. The number of hydrogen-bond acceptors (Lipinski definition) is 9. The summed E-state index contributed by atoms with van der Waals surface area (Å²) in [4.78, 5) is 43.8. The Kier molecular flexibility index (Phi) is 7.55. The Bertz CT molecular complexity index is 935. The van der Waals surface area contributed by atoms with Crippen LogP contribution in [0.5, 0.6) is 5.88 Å². The van der Waals surface area contributed by atoms with E-state index < -0.39 is 6.09 Å². The predicted octanol–water partition coefficient (Wildman–Crippen LogP) is 2.25. The van der Waals surface area contributed by atoms with Crippen LogP contribution in [0.25, 0.3) is 0 Å². The molecule has 4 rings (SSSR count). The minimum absolute atomic E-state index is 0.000354. The lowest BCUT2D eigenvalue weighted by molar-refractivity contribution is 0.180. The Morgan fingerprint density at radius 3 is 2.76 bits per heavy atom. The van der Waals surface area contributed by atoms with Crippen LogP contribution in [0, 0.1) is 0 Å². The fraction of sp³-hybridized carbons (Fsp3) is 0.571. The van der Waals surface area contributed by atoms with Crippen LogP contribution in [-0.2, 0) is 0 Å². The van der Waals surface area contributed by atoms with E-state index in [9.17, 15) is 9.59 Å². The van der Waals surface area contributed by atoms with Gasteiger partial charge in [0, 0.05) is 50.0 Å². The van der Waals surface area contributed by atoms with E-state index in [4.69, 9.17) is 4.74 Å². The van der Waals surface area contributed by atoms with Crippen molar-refractivity contribution < 1.29 is 14.3 Å². The van der Waals surface area contributed by atoms with Crippen molar-refractivity contribution in [2.75, 3.05) is 50.5 Å². The third-order valence-corrected chi connectivity index (χ3v) is 6.74. The molecule has 3 amide bonds. The predicted molar refractivity (Wildman–Crippen MR) is 126 cm³/mol. The standard InChI is InChI=1S/C21H30N8O3S/c1-27-11-6-15(7-12-27)24-21(31)32-17-5-8-22-18(25-17)29-10-3-4-16(14-29)28(2)20(30)26-19-23-9-13-33-19/h5,8-9,13,15-16H,3-4,6-7,10-12,14H2,1-2H3,(H,24,31)(H,23,26,30)/t16-/m1/s1. The quantitative estimate of drug-likeness (QED) is 0.678. The smallest absolute Gasteiger partial charge is 0.391 e. The minimum Gasteiger partial charge on any atom is -0.391 e. The summed E-state index contributed by atoms with van der Waals surface area (Å²) in [6.07, 6.45) is 6.33. The first-order valence-electron chi connectivity index (χ1n) is 11.2. The molecule has 0 aliphatic carbocycles. The monoisotopic (exact) mass is 474 g/mol. The van der Waals surface area contributed by atoms with E-state index in [1.165, 1.54) is 11.3 Å². The van der Waals surface area contributed by atoms with Crippen molar-refractivity contribution in [1.29, 1.82) is 0 Å². The molecule has 4 heterocycles. The van der Waals surface area contributed by atoms with Crippen molar-refractivity contribution in [2.24, 2.45) is 0 Å². The zero-order valence-corrected chi connectivity index (χ0v) is 19.8. The number of urea groups is 1. The van der Waals surface area contributed by atoms with Gasteiger partial charge in [0.2, 0.25) is 11.8 Å². The zero-order valence-electron chi connectivity index (χ0n) is 18.9. The maximum atomic E-state index is 12.6. The second-order valence-corrected chi connectivity index (χ2v) is 9.32. The van der Waals surface area contributed by atoms with E-state index in [0.29, 0.717) is 17.6 Å². The van der Waals surface area contributed by atoms with Gasteiger partial charge in [-0.05, 0) is 45.8 Å². The molecule has 0 bridgehead atoms. The highest BCUT2D eigenvalue weighted by Gasteiger charge is 2.28. The van der Waals surface area contributed by atoms with Crippen LogP contribution >= 0.6 is 11.3 Å². The Morgan fingerprint density at radius 1 is 1.18 bits per heavy atom. The maximum Gasteiger partial charge on any atom is 0.414 e. The summed E-state index contributed by atoms with van der Waals surface area (Å²) in [5.41, 5.74) is 0. The highest BCUT2D eigenvalue weighted by atomic mass is 32.1. The fourth-order valence-corrected chi connectivity index (χ4v) is 4.59. The summed E-state index contributed by atoms with van der Waals surface area (Å²) in [5.74, 6) is 0.695. The number of ether oxygens (including phenoxy) is 1. The molecule has 0 radical (unpaired) electrons. The van der Waals surface area contributed by atoms with Gasteiger partial charge in [0.15, 0.2) is 5.13 Å². The molecule has 0 unspecified atom stereocenters. The highest BCUT2D eigenvalue weighted by Crippen LogP contribution is 2.22. The molecular formula is C21H30N8O3S. The number of likely N-dealkylation sites (N-methyl/N-ethyl adjacent to an activating group) is 1. The van der Waals surface area contributed by atoms with E-state index in [1.54, 1.807) is 30.4 Å². The number of nitrogens with one attached hydrogen (secondary N) is 2. The lowest BCUT2D eigenvalue weighted by atomic mass is 10.1. The second-order valence-electron chi connectivity index (χ2n) is 8.43. The van der Waals surface area contributed by atoms with Crippen molar-refractivity contribution in [1.82, 2.24) is 30.1 Å². The molecule has 2 aliphatic heterocycles. The molecule has 2 aromatic heterocycles. The topological polar surface area (TPSA) is 116 Å². The van der Waals surface area contributed by atoms with Crippen LogP contribution in [0.3, 0.4) is 0 Å². The van der Waals surface area contributed by atoms with E-state index in [2.05, 4.69) is 37.5 Å². The van der Waals surface area contributed by atoms with Gasteiger partial charge in [-0.15, -0.1) is 11.3 Å². The summed E-state index contributed by atoms with van der Waals surface area (Å²) >= 11 is 1.38. The largest absolute Gasteiger partial charge is 0.414 e. The number of anilines is 2. The van der Waals surface area contributed by atoms with Crippen LogP contribution in [0.2, 0.25) is 0 Å². The average molecular weight is 475 g/mol. The van der Waals surface area contributed by atoms with Crippen molar-refractivity contribution in [3.05, 3.63) is 23.8 Å². The van der Waals surface area contributed by atoms with Gasteiger partial charge in [0.05, 0.1) is 6.04 Å². The molecule has 0 aromatic carbocycles. The van der Waals surface area contributed by atoms with Crippen molar-refractivity contribution in [3.8, 4) is 5.88 Å². The van der Waals surface area contributed by atoms with Gasteiger partial charge < -0.3 is 24.8 Å². The first kappa shape index (κ1) is 23.2. The molecule has 33 heavy (non-hydrogen) atoms. The van der Waals surface area contributed by atoms with E-state index >= 15 is 0 Å². The van der Waals surface area contributed by atoms with Crippen molar-refractivity contribution in [3.63, 3.8) is 0 Å². The number of nitrogens with zero attached hydrogens (tertiary/aromatic N) is 6. The highest BCUT2D eigenvalue weighted by molar-refractivity contribution is 7.13. The Labute approximate surface area is 197 Å². The molecule has 2 fully saturated rings. The number of likely N-dealkylation sites (tertiary alicyclic amines) is 1. The van der Waals surface area contributed by atoms with Crippen molar-refractivity contribution >= 4 is 34.5 Å². The third-order valence-electron chi connectivity index (χ3n) is 6.05. The van der Waals surface area contributed by atoms with Gasteiger partial charge in [-0.1, -0.05) is 0 Å². The van der Waals surface area contributed by atoms with Gasteiger partial charge in [0.25, 0.3) is 0 Å². The number of aromatic nitrogens is 3. The fourth-order valence-electron chi connectivity index (χ4n) is 4.07. The third kappa shape index (κ3) is 6.29. The Hall–Kier alpha value is -2.99. The Balaban J connectivity index is 1.32. The number of carbonyl (C=O) groups is 2. The van der Waals surface area contributed by atoms with Crippen LogP contribution < -0.4 is 20.3 Å². The number of rotatable bonds is 5. The molecule has 178 valence electrons. The summed E-state index contributed by atoms with van der Waals surface area (Å²) in [5, 5.41) is 8.13. The van der Waals surface area contributed by atoms with Gasteiger partial charge in [0.1, 0.15) is 0 Å². The van der Waals surface area contributed by atoms with Crippen LogP contribution in [-0.4, -0.2) is 89.2 Å². The van der Waals surface area contributed by atoms with Crippen LogP contribution in [0.4, 0.5) is 20.7 Å². The molecule has 12 heteroatoms. The van der Waals surface area contributed by atoms with E-state index in [-0.39, 0.29) is 24.0 Å². The van der Waals surface area contributed by atoms with Gasteiger partial charge >= 0.3 is 12.1 Å². The van der Waals surface area contributed by atoms with Gasteiger partial charge in [-0.25, -0.2) is 19.6 Å². The molecule has 11 nitrogen and oxygen atoms in total. The summed E-state index contributed by atoms with van der Waals surface area (Å²) < 4.78 is 5.42. The molecule has 1 atom stereocenters. The number of piperidine rings is 2. The van der Waals surface area contributed by atoms with Gasteiger partial charge in [-0.2, -0.15) is 4.98 Å². The summed E-state index contributed by atoms with van der Waals surface area (Å²) in [7, 11) is 3.86. The molecule has 2 N–H and O–H groups in total. The second kappa shape index (κ2) is 10.8. The lowest BCUT2D eigenvalue weighted by Gasteiger charge is -2.37. The zero-order chi connectivity index (χ0) is 23.2. The summed E-state index contributed by atoms with van der Waals surface area (Å²) in [6.45, 7) is 3.26.